The van der Waals surface area contributed by atoms with Gasteiger partial charge >= 0.3 is 0 Å². The van der Waals surface area contributed by atoms with Crippen LogP contribution in [0.25, 0.3) is 0 Å². The minimum Gasteiger partial charge on any atom is -0.356 e. The SMILES string of the molecule is CN1CCC(C(=O)NCC2CCNCC2)CC1. The van der Waals surface area contributed by atoms with Crippen molar-refractivity contribution in [3.05, 3.63) is 0 Å². The van der Waals surface area contributed by atoms with Gasteiger partial charge in [-0.1, -0.05) is 0 Å². The number of hydrogen-bond acceptors (Lipinski definition) is 3. The molecule has 0 spiro atoms. The number of carbonyl (C=O) groups excluding carboxylic acids is 1. The predicted octanol–water partition coefficient (Wildman–Crippen LogP) is 0.444. The Balaban J connectivity index is 1.66. The highest BCUT2D eigenvalue weighted by molar-refractivity contribution is 5.78. The number of carbonyl (C=O) groups is 1. The van der Waals surface area contributed by atoms with Crippen molar-refractivity contribution in [3.63, 3.8) is 0 Å². The summed E-state index contributed by atoms with van der Waals surface area (Å²) in [6.45, 7) is 5.22. The molecule has 2 saturated heterocycles. The Morgan fingerprint density at radius 1 is 1.24 bits per heavy atom. The number of amides is 1. The largest absolute Gasteiger partial charge is 0.356 e. The average molecular weight is 239 g/mol. The van der Waals surface area contributed by atoms with Gasteiger partial charge in [0.2, 0.25) is 5.91 Å². The number of hydrogen-bond donors (Lipinski definition) is 2. The van der Waals surface area contributed by atoms with Crippen LogP contribution < -0.4 is 10.6 Å². The lowest BCUT2D eigenvalue weighted by Gasteiger charge is -2.29. The first-order chi connectivity index (χ1) is 8.25. The molecule has 0 saturated carbocycles. The van der Waals surface area contributed by atoms with Crippen LogP contribution in [0, 0.1) is 11.8 Å². The van der Waals surface area contributed by atoms with E-state index in [1.165, 1.54) is 12.8 Å². The van der Waals surface area contributed by atoms with Crippen molar-refractivity contribution in [1.82, 2.24) is 15.5 Å². The van der Waals surface area contributed by atoms with Gasteiger partial charge in [-0.2, -0.15) is 0 Å². The van der Waals surface area contributed by atoms with Gasteiger partial charge in [0.05, 0.1) is 0 Å². The van der Waals surface area contributed by atoms with E-state index in [0.717, 1.165) is 45.6 Å². The molecule has 0 aromatic carbocycles. The van der Waals surface area contributed by atoms with Crippen molar-refractivity contribution in [3.8, 4) is 0 Å². The van der Waals surface area contributed by atoms with E-state index in [0.29, 0.717) is 5.92 Å². The Morgan fingerprint density at radius 2 is 1.88 bits per heavy atom. The number of rotatable bonds is 3. The standard InChI is InChI=1S/C13H25N3O/c1-16-8-4-12(5-9-16)13(17)15-10-11-2-6-14-7-3-11/h11-12,14H,2-10H2,1H3,(H,15,17). The average Bonchev–Trinajstić information content (AvgIpc) is 2.38. The molecule has 2 aliphatic rings. The maximum atomic E-state index is 12.0. The van der Waals surface area contributed by atoms with E-state index in [-0.39, 0.29) is 11.8 Å². The lowest BCUT2D eigenvalue weighted by atomic mass is 9.94. The highest BCUT2D eigenvalue weighted by Crippen LogP contribution is 2.16. The van der Waals surface area contributed by atoms with E-state index in [1.807, 2.05) is 0 Å². The van der Waals surface area contributed by atoms with E-state index in [9.17, 15) is 4.79 Å². The molecule has 0 atom stereocenters. The van der Waals surface area contributed by atoms with Crippen LogP contribution in [0.1, 0.15) is 25.7 Å². The number of likely N-dealkylation sites (tertiary alicyclic amines) is 1. The van der Waals surface area contributed by atoms with E-state index in [2.05, 4.69) is 22.6 Å². The molecule has 2 rings (SSSR count). The summed E-state index contributed by atoms with van der Waals surface area (Å²) < 4.78 is 0. The minimum atomic E-state index is 0.257. The third-order valence-corrected chi connectivity index (χ3v) is 4.11. The third-order valence-electron chi connectivity index (χ3n) is 4.11. The third kappa shape index (κ3) is 3.96. The highest BCUT2D eigenvalue weighted by atomic mass is 16.1. The lowest BCUT2D eigenvalue weighted by Crippen LogP contribution is -2.41. The van der Waals surface area contributed by atoms with Gasteiger partial charge in [0.15, 0.2) is 0 Å². The molecule has 4 nitrogen and oxygen atoms in total. The zero-order chi connectivity index (χ0) is 12.1. The van der Waals surface area contributed by atoms with Crippen molar-refractivity contribution < 1.29 is 4.79 Å². The summed E-state index contributed by atoms with van der Waals surface area (Å²) in [5.74, 6) is 1.23. The first kappa shape index (κ1) is 12.8. The van der Waals surface area contributed by atoms with Crippen LogP contribution in [0.5, 0.6) is 0 Å². The van der Waals surface area contributed by atoms with Gasteiger partial charge in [0, 0.05) is 12.5 Å². The Bertz CT molecular complexity index is 243. The van der Waals surface area contributed by atoms with Gasteiger partial charge in [0.1, 0.15) is 0 Å². The Labute approximate surface area is 104 Å². The minimum absolute atomic E-state index is 0.257. The molecular formula is C13H25N3O. The van der Waals surface area contributed by atoms with Crippen molar-refractivity contribution in [2.75, 3.05) is 39.8 Å². The Kier molecular flexibility index (Phi) is 4.80. The highest BCUT2D eigenvalue weighted by Gasteiger charge is 2.23. The maximum absolute atomic E-state index is 12.0. The molecule has 2 fully saturated rings. The van der Waals surface area contributed by atoms with Crippen LogP contribution >= 0.6 is 0 Å². The van der Waals surface area contributed by atoms with E-state index >= 15 is 0 Å². The molecule has 2 N–H and O–H groups in total. The maximum Gasteiger partial charge on any atom is 0.223 e. The summed E-state index contributed by atoms with van der Waals surface area (Å²) in [6, 6.07) is 0. The van der Waals surface area contributed by atoms with Gasteiger partial charge in [-0.25, -0.2) is 0 Å². The second kappa shape index (κ2) is 6.36. The number of nitrogens with one attached hydrogen (secondary N) is 2. The molecule has 0 bridgehead atoms. The molecule has 17 heavy (non-hydrogen) atoms. The van der Waals surface area contributed by atoms with Gasteiger partial charge in [-0.3, -0.25) is 4.79 Å². The van der Waals surface area contributed by atoms with Gasteiger partial charge in [-0.15, -0.1) is 0 Å². The van der Waals surface area contributed by atoms with Crippen LogP contribution in [0.15, 0.2) is 0 Å². The molecule has 2 heterocycles. The van der Waals surface area contributed by atoms with Crippen LogP contribution in [0.2, 0.25) is 0 Å². The lowest BCUT2D eigenvalue weighted by molar-refractivity contribution is -0.126. The fraction of sp³-hybridized carbons (Fsp3) is 0.923. The molecule has 0 aromatic heterocycles. The number of piperidine rings is 2. The normalized spacial score (nSPS) is 24.8. The molecule has 0 radical (unpaired) electrons. The fourth-order valence-electron chi connectivity index (χ4n) is 2.75. The molecule has 1 amide bonds. The first-order valence-electron chi connectivity index (χ1n) is 6.92. The van der Waals surface area contributed by atoms with Crippen molar-refractivity contribution in [1.29, 1.82) is 0 Å². The summed E-state index contributed by atoms with van der Waals surface area (Å²) in [6.07, 6.45) is 4.45. The monoisotopic (exact) mass is 239 g/mol. The van der Waals surface area contributed by atoms with Gasteiger partial charge < -0.3 is 15.5 Å². The summed E-state index contributed by atoms with van der Waals surface area (Å²) in [4.78, 5) is 14.3. The predicted molar refractivity (Wildman–Crippen MR) is 68.8 cm³/mol. The molecule has 98 valence electrons. The second-order valence-corrected chi connectivity index (χ2v) is 5.52. The van der Waals surface area contributed by atoms with E-state index in [1.54, 1.807) is 0 Å². The molecule has 4 heteroatoms. The van der Waals surface area contributed by atoms with E-state index in [4.69, 9.17) is 0 Å². The van der Waals surface area contributed by atoms with Crippen LogP contribution in [-0.4, -0.2) is 50.6 Å². The van der Waals surface area contributed by atoms with Crippen molar-refractivity contribution in [2.45, 2.75) is 25.7 Å². The zero-order valence-electron chi connectivity index (χ0n) is 10.9. The summed E-state index contributed by atoms with van der Waals surface area (Å²) in [7, 11) is 2.13. The number of nitrogens with zero attached hydrogens (tertiary/aromatic N) is 1. The topological polar surface area (TPSA) is 44.4 Å². The Hall–Kier alpha value is -0.610. The zero-order valence-corrected chi connectivity index (χ0v) is 10.9. The second-order valence-electron chi connectivity index (χ2n) is 5.52. The smallest absolute Gasteiger partial charge is 0.223 e. The first-order valence-corrected chi connectivity index (χ1v) is 6.92. The van der Waals surface area contributed by atoms with Gasteiger partial charge in [0.25, 0.3) is 0 Å². The fourth-order valence-corrected chi connectivity index (χ4v) is 2.75. The molecule has 0 aromatic rings. The summed E-state index contributed by atoms with van der Waals surface area (Å²) in [5, 5.41) is 6.50. The molecule has 2 aliphatic heterocycles. The van der Waals surface area contributed by atoms with Crippen LogP contribution in [0.3, 0.4) is 0 Å². The Morgan fingerprint density at radius 3 is 2.53 bits per heavy atom. The summed E-state index contributed by atoms with van der Waals surface area (Å²) in [5.41, 5.74) is 0. The quantitative estimate of drug-likeness (QED) is 0.751. The summed E-state index contributed by atoms with van der Waals surface area (Å²) >= 11 is 0. The van der Waals surface area contributed by atoms with E-state index < -0.39 is 0 Å². The van der Waals surface area contributed by atoms with Crippen LogP contribution in [-0.2, 0) is 4.79 Å². The van der Waals surface area contributed by atoms with Crippen LogP contribution in [0.4, 0.5) is 0 Å². The molecular weight excluding hydrogens is 214 g/mol. The van der Waals surface area contributed by atoms with Crippen molar-refractivity contribution in [2.24, 2.45) is 11.8 Å². The molecule has 0 unspecified atom stereocenters. The van der Waals surface area contributed by atoms with Crippen molar-refractivity contribution >= 4 is 5.91 Å². The van der Waals surface area contributed by atoms with Gasteiger partial charge in [-0.05, 0) is 64.8 Å². The molecule has 0 aliphatic carbocycles.